The monoisotopic (exact) mass is 250 g/mol. The molecule has 16 heavy (non-hydrogen) atoms. The van der Waals surface area contributed by atoms with Crippen molar-refractivity contribution in [2.75, 3.05) is 48.9 Å². The van der Waals surface area contributed by atoms with Crippen LogP contribution in [0.3, 0.4) is 0 Å². The number of hydrogen-bond donors (Lipinski definition) is 0. The van der Waals surface area contributed by atoms with E-state index in [1.807, 2.05) is 42.3 Å². The molecule has 0 amide bonds. The molecule has 6 heteroatoms. The SMILES string of the molecule is CCCCON=P(N(C)C)(N(C)C)N(C)C. The Balaban J connectivity index is 4.89. The van der Waals surface area contributed by atoms with Crippen molar-refractivity contribution >= 4 is 7.51 Å². The summed E-state index contributed by atoms with van der Waals surface area (Å²) < 4.78 is 6.41. The number of nitrogens with zero attached hydrogens (tertiary/aromatic N) is 4. The molecule has 0 aliphatic rings. The van der Waals surface area contributed by atoms with Gasteiger partial charge in [0.15, 0.2) is 7.51 Å². The molecule has 0 saturated heterocycles. The third-order valence-corrected chi connectivity index (χ3v) is 5.92. The Morgan fingerprint density at radius 1 is 0.938 bits per heavy atom. The normalized spacial score (nSPS) is 12.9. The van der Waals surface area contributed by atoms with Gasteiger partial charge in [0.05, 0.1) is 6.61 Å². The topological polar surface area (TPSA) is 31.3 Å². The Morgan fingerprint density at radius 2 is 1.38 bits per heavy atom. The van der Waals surface area contributed by atoms with Gasteiger partial charge in [0, 0.05) is 0 Å². The van der Waals surface area contributed by atoms with Crippen LogP contribution in [-0.2, 0) is 4.84 Å². The maximum absolute atomic E-state index is 5.47. The van der Waals surface area contributed by atoms with Crippen LogP contribution in [0.15, 0.2) is 4.91 Å². The lowest BCUT2D eigenvalue weighted by atomic mass is 10.4. The van der Waals surface area contributed by atoms with Crippen LogP contribution in [0.25, 0.3) is 0 Å². The van der Waals surface area contributed by atoms with Gasteiger partial charge in [-0.25, -0.2) is 0 Å². The number of unbranched alkanes of at least 4 members (excludes halogenated alkanes) is 1. The van der Waals surface area contributed by atoms with Crippen molar-refractivity contribution < 1.29 is 4.84 Å². The number of hydrogen-bond acceptors (Lipinski definition) is 2. The minimum atomic E-state index is -1.85. The smallest absolute Gasteiger partial charge is 0.196 e. The van der Waals surface area contributed by atoms with Crippen LogP contribution in [0.2, 0.25) is 0 Å². The van der Waals surface area contributed by atoms with Crippen molar-refractivity contribution in [1.82, 2.24) is 14.0 Å². The van der Waals surface area contributed by atoms with E-state index < -0.39 is 7.51 Å². The second kappa shape index (κ2) is 7.41. The van der Waals surface area contributed by atoms with Gasteiger partial charge in [-0.1, -0.05) is 13.3 Å². The molecule has 0 radical (unpaired) electrons. The van der Waals surface area contributed by atoms with Gasteiger partial charge in [-0.2, -0.15) is 0 Å². The Morgan fingerprint density at radius 3 is 1.69 bits per heavy atom. The van der Waals surface area contributed by atoms with Crippen LogP contribution < -0.4 is 0 Å². The number of rotatable bonds is 7. The molecule has 0 saturated carbocycles. The molecule has 0 spiro atoms. The molecule has 0 fully saturated rings. The van der Waals surface area contributed by atoms with E-state index in [1.165, 1.54) is 0 Å². The van der Waals surface area contributed by atoms with Gasteiger partial charge in [-0.3, -0.25) is 18.8 Å². The molecule has 0 aliphatic carbocycles. The zero-order chi connectivity index (χ0) is 12.8. The summed E-state index contributed by atoms with van der Waals surface area (Å²) in [6, 6.07) is 0. The van der Waals surface area contributed by atoms with Gasteiger partial charge in [0.25, 0.3) is 0 Å². The van der Waals surface area contributed by atoms with E-state index in [0.717, 1.165) is 12.8 Å². The summed E-state index contributed by atoms with van der Waals surface area (Å²) in [6.07, 6.45) is 2.19. The second-order valence-electron chi connectivity index (χ2n) is 4.35. The molecule has 0 rings (SSSR count). The third-order valence-electron chi connectivity index (χ3n) is 2.37. The average molecular weight is 250 g/mol. The molecule has 0 aromatic heterocycles. The van der Waals surface area contributed by atoms with E-state index >= 15 is 0 Å². The molecule has 0 aromatic carbocycles. The summed E-state index contributed by atoms with van der Waals surface area (Å²) in [5.74, 6) is 0. The first kappa shape index (κ1) is 16.1. The molecule has 0 heterocycles. The van der Waals surface area contributed by atoms with E-state index in [0.29, 0.717) is 6.61 Å². The fourth-order valence-corrected chi connectivity index (χ4v) is 4.44. The van der Waals surface area contributed by atoms with Crippen molar-refractivity contribution in [3.05, 3.63) is 0 Å². The van der Waals surface area contributed by atoms with Crippen molar-refractivity contribution in [3.63, 3.8) is 0 Å². The van der Waals surface area contributed by atoms with Crippen LogP contribution >= 0.6 is 7.51 Å². The molecule has 98 valence electrons. The van der Waals surface area contributed by atoms with Crippen molar-refractivity contribution in [1.29, 1.82) is 0 Å². The minimum absolute atomic E-state index is 0.702. The lowest BCUT2D eigenvalue weighted by Gasteiger charge is -2.39. The van der Waals surface area contributed by atoms with Gasteiger partial charge in [0.2, 0.25) is 0 Å². The average Bonchev–Trinajstić information content (AvgIpc) is 2.16. The molecule has 0 bridgehead atoms. The van der Waals surface area contributed by atoms with E-state index in [9.17, 15) is 0 Å². The first-order chi connectivity index (χ1) is 7.39. The summed E-state index contributed by atoms with van der Waals surface area (Å²) in [5.41, 5.74) is 0. The standard InChI is InChI=1S/C10H27N4OP/c1-8-9-10-15-11-16(12(2)3,13(4)5)14(6)7/h8-10H2,1-7H3. The Bertz CT molecular complexity index is 212. The van der Waals surface area contributed by atoms with Crippen LogP contribution in [0.4, 0.5) is 0 Å². The van der Waals surface area contributed by atoms with Crippen LogP contribution in [0.5, 0.6) is 0 Å². The molecule has 0 aliphatic heterocycles. The van der Waals surface area contributed by atoms with E-state index in [4.69, 9.17) is 4.84 Å². The molecule has 0 unspecified atom stereocenters. The lowest BCUT2D eigenvalue weighted by Crippen LogP contribution is -2.30. The summed E-state index contributed by atoms with van der Waals surface area (Å²) >= 11 is 0. The van der Waals surface area contributed by atoms with Gasteiger partial charge in [-0.15, -0.1) is 4.91 Å². The van der Waals surface area contributed by atoms with Gasteiger partial charge >= 0.3 is 0 Å². The predicted octanol–water partition coefficient (Wildman–Crippen LogP) is 2.35. The maximum Gasteiger partial charge on any atom is 0.196 e. The quantitative estimate of drug-likeness (QED) is 0.394. The van der Waals surface area contributed by atoms with Gasteiger partial charge < -0.3 is 0 Å². The fraction of sp³-hybridized carbons (Fsp3) is 1.00. The van der Waals surface area contributed by atoms with Crippen molar-refractivity contribution in [2.24, 2.45) is 4.91 Å². The minimum Gasteiger partial charge on any atom is -0.250 e. The van der Waals surface area contributed by atoms with Crippen LogP contribution in [0, 0.1) is 0 Å². The summed E-state index contributed by atoms with van der Waals surface area (Å²) in [5, 5.41) is 0. The molecule has 0 N–H and O–H groups in total. The molecular formula is C10H27N4OP. The summed E-state index contributed by atoms with van der Waals surface area (Å²) in [4.78, 5) is 9.95. The fourth-order valence-electron chi connectivity index (χ4n) is 1.62. The molecule has 5 nitrogen and oxygen atoms in total. The Hall–Kier alpha value is 0.0700. The second-order valence-corrected chi connectivity index (χ2v) is 7.98. The highest BCUT2D eigenvalue weighted by atomic mass is 31.2. The van der Waals surface area contributed by atoms with E-state index in [2.05, 4.69) is 25.8 Å². The molecule has 0 aromatic rings. The van der Waals surface area contributed by atoms with Crippen LogP contribution in [-0.4, -0.2) is 62.9 Å². The van der Waals surface area contributed by atoms with Gasteiger partial charge in [0.1, 0.15) is 0 Å². The third kappa shape index (κ3) is 3.82. The summed E-state index contributed by atoms with van der Waals surface area (Å²) in [7, 11) is 10.4. The largest absolute Gasteiger partial charge is 0.250 e. The Kier molecular flexibility index (Phi) is 7.44. The summed E-state index contributed by atoms with van der Waals surface area (Å²) in [6.45, 7) is 2.85. The lowest BCUT2D eigenvalue weighted by molar-refractivity contribution is 0.138. The molecule has 0 atom stereocenters. The first-order valence-electron chi connectivity index (χ1n) is 5.66. The zero-order valence-corrected chi connectivity index (χ0v) is 12.7. The van der Waals surface area contributed by atoms with Crippen molar-refractivity contribution in [3.8, 4) is 0 Å². The highest BCUT2D eigenvalue weighted by Gasteiger charge is 2.29. The van der Waals surface area contributed by atoms with Crippen LogP contribution in [0.1, 0.15) is 19.8 Å². The first-order valence-corrected chi connectivity index (χ1v) is 7.26. The van der Waals surface area contributed by atoms with E-state index in [-0.39, 0.29) is 0 Å². The highest BCUT2D eigenvalue weighted by Crippen LogP contribution is 2.54. The van der Waals surface area contributed by atoms with Crippen molar-refractivity contribution in [2.45, 2.75) is 19.8 Å². The van der Waals surface area contributed by atoms with E-state index in [1.54, 1.807) is 0 Å². The predicted molar refractivity (Wildman–Crippen MR) is 71.3 cm³/mol. The Labute approximate surface area is 101 Å². The maximum atomic E-state index is 5.47. The zero-order valence-electron chi connectivity index (χ0n) is 11.8. The molecular weight excluding hydrogens is 223 g/mol. The highest BCUT2D eigenvalue weighted by molar-refractivity contribution is 7.58. The van der Waals surface area contributed by atoms with Gasteiger partial charge in [-0.05, 0) is 48.7 Å².